The van der Waals surface area contributed by atoms with E-state index in [0.717, 1.165) is 29.6 Å². The van der Waals surface area contributed by atoms with Crippen LogP contribution in [0.2, 0.25) is 0 Å². The topological polar surface area (TPSA) is 54.0 Å². The van der Waals surface area contributed by atoms with Gasteiger partial charge in [0.25, 0.3) is 5.91 Å². The second kappa shape index (κ2) is 7.03. The van der Waals surface area contributed by atoms with Crippen LogP contribution in [-0.2, 0) is 6.18 Å². The van der Waals surface area contributed by atoms with Crippen molar-refractivity contribution in [3.8, 4) is 0 Å². The third kappa shape index (κ3) is 4.72. The third-order valence-electron chi connectivity index (χ3n) is 3.80. The Morgan fingerprint density at radius 3 is 2.68 bits per heavy atom. The number of anilines is 2. The Kier molecular flexibility index (Phi) is 4.99. The number of hydrogen-bond acceptors (Lipinski definition) is 3. The van der Waals surface area contributed by atoms with Gasteiger partial charge in [0.2, 0.25) is 0 Å². The van der Waals surface area contributed by atoms with Crippen LogP contribution in [0.15, 0.2) is 41.0 Å². The predicted molar refractivity (Wildman–Crippen MR) is 91.7 cm³/mol. The van der Waals surface area contributed by atoms with Crippen molar-refractivity contribution in [2.45, 2.75) is 19.0 Å². The minimum Gasteiger partial charge on any atom is -0.352 e. The van der Waals surface area contributed by atoms with E-state index in [0.29, 0.717) is 18.2 Å². The standard InChI is InChI=1S/C17H15BrF3N3O/c18-11-2-1-3-12(6-11)24-15-7-14(17(19,20)21)13(9-22-15)16(25)23-8-10-4-5-10/h1-3,6-7,9-10H,4-5,8H2,(H,22,24)(H,23,25). The second-order valence-electron chi connectivity index (χ2n) is 5.90. The van der Waals surface area contributed by atoms with Crippen LogP contribution in [0.4, 0.5) is 24.7 Å². The summed E-state index contributed by atoms with van der Waals surface area (Å²) in [5.74, 6) is -0.353. The lowest BCUT2D eigenvalue weighted by atomic mass is 10.1. The summed E-state index contributed by atoms with van der Waals surface area (Å²) in [6.45, 7) is 0.397. The number of hydrogen-bond donors (Lipinski definition) is 2. The number of carbonyl (C=O) groups is 1. The smallest absolute Gasteiger partial charge is 0.352 e. The van der Waals surface area contributed by atoms with E-state index in [9.17, 15) is 18.0 Å². The van der Waals surface area contributed by atoms with Crippen LogP contribution < -0.4 is 10.6 Å². The van der Waals surface area contributed by atoms with Crippen LogP contribution in [0.25, 0.3) is 0 Å². The number of halogens is 4. The summed E-state index contributed by atoms with van der Waals surface area (Å²) in [5.41, 5.74) is -0.887. The lowest BCUT2D eigenvalue weighted by Crippen LogP contribution is -2.28. The second-order valence-corrected chi connectivity index (χ2v) is 6.82. The molecule has 1 saturated carbocycles. The van der Waals surface area contributed by atoms with Crippen molar-refractivity contribution < 1.29 is 18.0 Å². The molecule has 0 aliphatic heterocycles. The lowest BCUT2D eigenvalue weighted by Gasteiger charge is -2.15. The summed E-state index contributed by atoms with van der Waals surface area (Å²) in [4.78, 5) is 16.0. The fraction of sp³-hybridized carbons (Fsp3) is 0.294. The number of alkyl halides is 3. The molecule has 132 valence electrons. The van der Waals surface area contributed by atoms with Crippen molar-refractivity contribution in [3.63, 3.8) is 0 Å². The molecule has 1 aromatic carbocycles. The molecular formula is C17H15BrF3N3O. The highest BCUT2D eigenvalue weighted by atomic mass is 79.9. The predicted octanol–water partition coefficient (Wildman–Crippen LogP) is 4.75. The van der Waals surface area contributed by atoms with E-state index in [2.05, 4.69) is 31.5 Å². The van der Waals surface area contributed by atoms with E-state index in [1.165, 1.54) is 0 Å². The van der Waals surface area contributed by atoms with Gasteiger partial charge in [0.15, 0.2) is 0 Å². The molecule has 1 fully saturated rings. The highest BCUT2D eigenvalue weighted by molar-refractivity contribution is 9.10. The van der Waals surface area contributed by atoms with Crippen molar-refractivity contribution in [3.05, 3.63) is 52.1 Å². The zero-order valence-electron chi connectivity index (χ0n) is 13.0. The first-order valence-electron chi connectivity index (χ1n) is 7.71. The summed E-state index contributed by atoms with van der Waals surface area (Å²) in [5, 5.41) is 5.36. The zero-order valence-corrected chi connectivity index (χ0v) is 14.6. The molecule has 1 aliphatic carbocycles. The summed E-state index contributed by atoms with van der Waals surface area (Å²) in [7, 11) is 0. The first kappa shape index (κ1) is 17.7. The van der Waals surface area contributed by atoms with E-state index in [-0.39, 0.29) is 5.82 Å². The highest BCUT2D eigenvalue weighted by Gasteiger charge is 2.36. The molecule has 0 saturated heterocycles. The van der Waals surface area contributed by atoms with Crippen LogP contribution in [0.1, 0.15) is 28.8 Å². The Labute approximate surface area is 151 Å². The van der Waals surface area contributed by atoms with Gasteiger partial charge in [0.1, 0.15) is 5.82 Å². The average molecular weight is 414 g/mol. The van der Waals surface area contributed by atoms with E-state index < -0.39 is 23.2 Å². The molecule has 0 unspecified atom stereocenters. The Hall–Kier alpha value is -2.09. The van der Waals surface area contributed by atoms with Gasteiger partial charge in [-0.3, -0.25) is 4.79 Å². The summed E-state index contributed by atoms with van der Waals surface area (Å²) in [6.07, 6.45) is -1.69. The van der Waals surface area contributed by atoms with Crippen molar-refractivity contribution in [2.75, 3.05) is 11.9 Å². The first-order valence-corrected chi connectivity index (χ1v) is 8.50. The number of amides is 1. The minimum absolute atomic E-state index is 0.0177. The van der Waals surface area contributed by atoms with Gasteiger partial charge in [-0.25, -0.2) is 4.98 Å². The number of pyridine rings is 1. The largest absolute Gasteiger partial charge is 0.417 e. The van der Waals surface area contributed by atoms with Gasteiger partial charge in [0.05, 0.1) is 11.1 Å². The molecule has 1 aromatic heterocycles. The van der Waals surface area contributed by atoms with Gasteiger partial charge >= 0.3 is 6.18 Å². The highest BCUT2D eigenvalue weighted by Crippen LogP contribution is 2.34. The van der Waals surface area contributed by atoms with Gasteiger partial charge < -0.3 is 10.6 Å². The molecule has 8 heteroatoms. The minimum atomic E-state index is -4.65. The van der Waals surface area contributed by atoms with Gasteiger partial charge in [-0.1, -0.05) is 22.0 Å². The fourth-order valence-corrected chi connectivity index (χ4v) is 2.71. The molecule has 1 aliphatic rings. The number of nitrogens with one attached hydrogen (secondary N) is 2. The zero-order chi connectivity index (χ0) is 18.0. The monoisotopic (exact) mass is 413 g/mol. The molecule has 2 aromatic rings. The number of rotatable bonds is 5. The molecule has 1 amide bonds. The maximum Gasteiger partial charge on any atom is 0.417 e. The Bertz CT molecular complexity index is 791. The van der Waals surface area contributed by atoms with Crippen LogP contribution in [0, 0.1) is 5.92 Å². The number of aromatic nitrogens is 1. The molecule has 0 atom stereocenters. The molecule has 2 N–H and O–H groups in total. The number of carbonyl (C=O) groups excluding carboxylic acids is 1. The van der Waals surface area contributed by atoms with Crippen molar-refractivity contribution in [1.29, 1.82) is 0 Å². The van der Waals surface area contributed by atoms with Crippen LogP contribution >= 0.6 is 15.9 Å². The van der Waals surface area contributed by atoms with Crippen LogP contribution in [0.3, 0.4) is 0 Å². The Morgan fingerprint density at radius 2 is 2.04 bits per heavy atom. The van der Waals surface area contributed by atoms with E-state index in [4.69, 9.17) is 0 Å². The molecule has 1 heterocycles. The average Bonchev–Trinajstić information content (AvgIpc) is 3.36. The third-order valence-corrected chi connectivity index (χ3v) is 4.29. The SMILES string of the molecule is O=C(NCC1CC1)c1cnc(Nc2cccc(Br)c2)cc1C(F)(F)F. The quantitative estimate of drug-likeness (QED) is 0.743. The van der Waals surface area contributed by atoms with Gasteiger partial charge in [-0.05, 0) is 43.0 Å². The van der Waals surface area contributed by atoms with Crippen LogP contribution in [0.5, 0.6) is 0 Å². The normalized spacial score (nSPS) is 14.2. The molecule has 3 rings (SSSR count). The molecule has 0 bridgehead atoms. The number of benzene rings is 1. The summed E-state index contributed by atoms with van der Waals surface area (Å²) >= 11 is 3.29. The maximum absolute atomic E-state index is 13.4. The summed E-state index contributed by atoms with van der Waals surface area (Å²) in [6, 6.07) is 7.82. The molecule has 0 spiro atoms. The molecular weight excluding hydrogens is 399 g/mol. The molecule has 25 heavy (non-hydrogen) atoms. The van der Waals surface area contributed by atoms with E-state index >= 15 is 0 Å². The lowest BCUT2D eigenvalue weighted by molar-refractivity contribution is -0.137. The molecule has 0 radical (unpaired) electrons. The van der Waals surface area contributed by atoms with Gasteiger partial charge in [0, 0.05) is 22.9 Å². The van der Waals surface area contributed by atoms with Crippen molar-refractivity contribution in [1.82, 2.24) is 10.3 Å². The van der Waals surface area contributed by atoms with Gasteiger partial charge in [-0.2, -0.15) is 13.2 Å². The van der Waals surface area contributed by atoms with Gasteiger partial charge in [-0.15, -0.1) is 0 Å². The van der Waals surface area contributed by atoms with Crippen molar-refractivity contribution in [2.24, 2.45) is 5.92 Å². The maximum atomic E-state index is 13.4. The van der Waals surface area contributed by atoms with E-state index in [1.807, 2.05) is 0 Å². The van der Waals surface area contributed by atoms with Crippen LogP contribution in [-0.4, -0.2) is 17.4 Å². The fourth-order valence-electron chi connectivity index (χ4n) is 2.31. The summed E-state index contributed by atoms with van der Waals surface area (Å²) < 4.78 is 40.9. The van der Waals surface area contributed by atoms with Crippen molar-refractivity contribution >= 4 is 33.3 Å². The van der Waals surface area contributed by atoms with E-state index in [1.54, 1.807) is 24.3 Å². The number of nitrogens with zero attached hydrogens (tertiary/aromatic N) is 1. The Balaban J connectivity index is 1.85. The molecule has 4 nitrogen and oxygen atoms in total. The first-order chi connectivity index (χ1) is 11.8. The Morgan fingerprint density at radius 1 is 1.28 bits per heavy atom.